The van der Waals surface area contributed by atoms with Crippen LogP contribution in [0.4, 0.5) is 5.13 Å². The Balaban J connectivity index is 1.67. The summed E-state index contributed by atoms with van der Waals surface area (Å²) in [5.74, 6) is -0.348. The Hall–Kier alpha value is -1.18. The summed E-state index contributed by atoms with van der Waals surface area (Å²) in [5, 5.41) is 0.934. The van der Waals surface area contributed by atoms with Gasteiger partial charge in [-0.3, -0.25) is 4.90 Å². The predicted octanol–water partition coefficient (Wildman–Crippen LogP) is 1.15. The number of nitrogens with zero attached hydrogens (tertiary/aromatic N) is 3. The number of aryl methyl sites for hydroxylation is 1. The molecule has 3 rings (SSSR count). The van der Waals surface area contributed by atoms with Crippen LogP contribution in [0.5, 0.6) is 0 Å². The first kappa shape index (κ1) is 14.7. The number of anilines is 1. The molecule has 2 aliphatic heterocycles. The van der Waals surface area contributed by atoms with Crippen molar-refractivity contribution in [3.05, 3.63) is 10.6 Å². The number of hydrogen-bond acceptors (Lipinski definition) is 7. The first-order chi connectivity index (χ1) is 10.2. The molecule has 0 spiro atoms. The minimum absolute atomic E-state index is 0.348. The molecular weight excluding hydrogens is 290 g/mol. The molecule has 2 aliphatic rings. The largest absolute Gasteiger partial charge is 0.464 e. The van der Waals surface area contributed by atoms with Gasteiger partial charge in [0, 0.05) is 37.1 Å². The molecule has 0 aromatic carbocycles. The van der Waals surface area contributed by atoms with Crippen molar-refractivity contribution in [3.8, 4) is 0 Å². The van der Waals surface area contributed by atoms with Gasteiger partial charge in [0.1, 0.15) is 0 Å². The summed E-state index contributed by atoms with van der Waals surface area (Å²) in [6.07, 6.45) is 1.15. The van der Waals surface area contributed by atoms with Crippen LogP contribution in [0.1, 0.15) is 21.8 Å². The fraction of sp³-hybridized carbons (Fsp3) is 0.714. The van der Waals surface area contributed by atoms with Gasteiger partial charge in [-0.15, -0.1) is 11.3 Å². The van der Waals surface area contributed by atoms with Crippen molar-refractivity contribution in [2.24, 2.45) is 0 Å². The monoisotopic (exact) mass is 311 g/mol. The van der Waals surface area contributed by atoms with E-state index in [0.29, 0.717) is 11.7 Å². The van der Waals surface area contributed by atoms with E-state index in [-0.39, 0.29) is 5.97 Å². The van der Waals surface area contributed by atoms with Crippen LogP contribution in [-0.4, -0.2) is 68.4 Å². The van der Waals surface area contributed by atoms with Crippen LogP contribution < -0.4 is 4.90 Å². The molecule has 21 heavy (non-hydrogen) atoms. The Kier molecular flexibility index (Phi) is 4.42. The quantitative estimate of drug-likeness (QED) is 0.781. The fourth-order valence-electron chi connectivity index (χ4n) is 2.96. The molecule has 0 N–H and O–H groups in total. The maximum absolute atomic E-state index is 11.7. The number of esters is 1. The summed E-state index contributed by atoms with van der Waals surface area (Å²) < 4.78 is 10.2. The maximum Gasteiger partial charge on any atom is 0.357 e. The molecule has 0 radical (unpaired) electrons. The van der Waals surface area contributed by atoms with E-state index in [0.717, 1.165) is 55.8 Å². The van der Waals surface area contributed by atoms with E-state index in [2.05, 4.69) is 14.8 Å². The molecule has 1 aromatic rings. The predicted molar refractivity (Wildman–Crippen MR) is 81.2 cm³/mol. The van der Waals surface area contributed by atoms with Gasteiger partial charge in [0.2, 0.25) is 0 Å². The van der Waals surface area contributed by atoms with Crippen LogP contribution in [0.3, 0.4) is 0 Å². The van der Waals surface area contributed by atoms with Crippen LogP contribution in [0.25, 0.3) is 0 Å². The SMILES string of the molecule is COC(=O)c1nc(N2CCC(N3CCOCC3)C2)sc1C. The molecule has 0 bridgehead atoms. The summed E-state index contributed by atoms with van der Waals surface area (Å²) in [6.45, 7) is 7.59. The van der Waals surface area contributed by atoms with Crippen LogP contribution in [0, 0.1) is 6.92 Å². The zero-order valence-corrected chi connectivity index (χ0v) is 13.3. The summed E-state index contributed by atoms with van der Waals surface area (Å²) in [6, 6.07) is 0.569. The van der Waals surface area contributed by atoms with Crippen LogP contribution in [-0.2, 0) is 9.47 Å². The van der Waals surface area contributed by atoms with Crippen molar-refractivity contribution in [2.45, 2.75) is 19.4 Å². The zero-order valence-electron chi connectivity index (χ0n) is 12.5. The molecule has 0 amide bonds. The highest BCUT2D eigenvalue weighted by Crippen LogP contribution is 2.30. The Morgan fingerprint density at radius 1 is 1.38 bits per heavy atom. The molecule has 7 heteroatoms. The number of aromatic nitrogens is 1. The third kappa shape index (κ3) is 3.04. The van der Waals surface area contributed by atoms with E-state index in [9.17, 15) is 4.79 Å². The summed E-state index contributed by atoms with van der Waals surface area (Å²) in [5.41, 5.74) is 0.451. The van der Waals surface area contributed by atoms with Crippen molar-refractivity contribution < 1.29 is 14.3 Å². The molecule has 116 valence electrons. The van der Waals surface area contributed by atoms with Gasteiger partial charge in [0.25, 0.3) is 0 Å². The summed E-state index contributed by atoms with van der Waals surface area (Å²) in [4.78, 5) is 21.8. The number of thiazole rings is 1. The molecule has 1 unspecified atom stereocenters. The molecule has 0 saturated carbocycles. The van der Waals surface area contributed by atoms with Gasteiger partial charge < -0.3 is 14.4 Å². The van der Waals surface area contributed by atoms with E-state index in [1.54, 1.807) is 11.3 Å². The smallest absolute Gasteiger partial charge is 0.357 e. The highest BCUT2D eigenvalue weighted by molar-refractivity contribution is 7.15. The van der Waals surface area contributed by atoms with Crippen molar-refractivity contribution >= 4 is 22.4 Å². The fourth-order valence-corrected chi connectivity index (χ4v) is 3.89. The molecule has 6 nitrogen and oxygen atoms in total. The lowest BCUT2D eigenvalue weighted by Crippen LogP contribution is -2.44. The minimum atomic E-state index is -0.348. The highest BCUT2D eigenvalue weighted by Gasteiger charge is 2.31. The second kappa shape index (κ2) is 6.29. The Morgan fingerprint density at radius 3 is 2.86 bits per heavy atom. The van der Waals surface area contributed by atoms with Gasteiger partial charge >= 0.3 is 5.97 Å². The minimum Gasteiger partial charge on any atom is -0.464 e. The van der Waals surface area contributed by atoms with Crippen LogP contribution in [0.15, 0.2) is 0 Å². The number of carbonyl (C=O) groups excluding carboxylic acids is 1. The molecule has 2 fully saturated rings. The number of ether oxygens (including phenoxy) is 2. The average Bonchev–Trinajstić information content (AvgIpc) is 3.14. The number of hydrogen-bond donors (Lipinski definition) is 0. The third-order valence-electron chi connectivity index (χ3n) is 4.16. The van der Waals surface area contributed by atoms with Crippen molar-refractivity contribution in [3.63, 3.8) is 0 Å². The van der Waals surface area contributed by atoms with Gasteiger partial charge in [-0.05, 0) is 13.3 Å². The Bertz CT molecular complexity index is 514. The Labute approximate surface area is 128 Å². The molecule has 3 heterocycles. The van der Waals surface area contributed by atoms with Crippen LogP contribution >= 0.6 is 11.3 Å². The zero-order chi connectivity index (χ0) is 14.8. The second-order valence-electron chi connectivity index (χ2n) is 5.43. The lowest BCUT2D eigenvalue weighted by molar-refractivity contribution is 0.0209. The third-order valence-corrected chi connectivity index (χ3v) is 5.19. The molecular formula is C14H21N3O3S. The summed E-state index contributed by atoms with van der Waals surface area (Å²) >= 11 is 1.57. The number of morpholine rings is 1. The molecule has 2 saturated heterocycles. The van der Waals surface area contributed by atoms with E-state index in [4.69, 9.17) is 9.47 Å². The van der Waals surface area contributed by atoms with Gasteiger partial charge in [-0.1, -0.05) is 0 Å². The number of carbonyl (C=O) groups is 1. The van der Waals surface area contributed by atoms with Crippen LogP contribution in [0.2, 0.25) is 0 Å². The lowest BCUT2D eigenvalue weighted by Gasteiger charge is -2.32. The Morgan fingerprint density at radius 2 is 2.14 bits per heavy atom. The standard InChI is InChI=1S/C14H21N3O3S/c1-10-12(13(18)19-2)15-14(21-10)17-4-3-11(9-17)16-5-7-20-8-6-16/h11H,3-9H2,1-2H3. The van der Waals surface area contributed by atoms with E-state index in [1.165, 1.54) is 7.11 Å². The highest BCUT2D eigenvalue weighted by atomic mass is 32.1. The summed E-state index contributed by atoms with van der Waals surface area (Å²) in [7, 11) is 1.39. The first-order valence-corrected chi connectivity index (χ1v) is 8.13. The van der Waals surface area contributed by atoms with Gasteiger partial charge in [0.05, 0.1) is 20.3 Å². The van der Waals surface area contributed by atoms with E-state index < -0.39 is 0 Å². The van der Waals surface area contributed by atoms with E-state index in [1.807, 2.05) is 6.92 Å². The van der Waals surface area contributed by atoms with Crippen molar-refractivity contribution in [1.29, 1.82) is 0 Å². The van der Waals surface area contributed by atoms with Gasteiger partial charge in [-0.2, -0.15) is 0 Å². The van der Waals surface area contributed by atoms with Gasteiger partial charge in [0.15, 0.2) is 10.8 Å². The number of methoxy groups -OCH3 is 1. The topological polar surface area (TPSA) is 54.9 Å². The van der Waals surface area contributed by atoms with E-state index >= 15 is 0 Å². The maximum atomic E-state index is 11.7. The first-order valence-electron chi connectivity index (χ1n) is 7.31. The van der Waals surface area contributed by atoms with Crippen molar-refractivity contribution in [1.82, 2.24) is 9.88 Å². The second-order valence-corrected chi connectivity index (χ2v) is 6.61. The molecule has 1 atom stereocenters. The molecule has 0 aliphatic carbocycles. The average molecular weight is 311 g/mol. The normalized spacial score (nSPS) is 23.5. The lowest BCUT2D eigenvalue weighted by atomic mass is 10.2. The van der Waals surface area contributed by atoms with Gasteiger partial charge in [-0.25, -0.2) is 9.78 Å². The molecule has 1 aromatic heterocycles. The van der Waals surface area contributed by atoms with Crippen molar-refractivity contribution in [2.75, 3.05) is 51.4 Å². The number of rotatable bonds is 3.